The molecule has 0 unspecified atom stereocenters. The van der Waals surface area contributed by atoms with E-state index in [2.05, 4.69) is 20.6 Å². The van der Waals surface area contributed by atoms with E-state index in [9.17, 15) is 9.90 Å². The molecule has 1 saturated heterocycles. The van der Waals surface area contributed by atoms with Crippen LogP contribution in [0.25, 0.3) is 10.9 Å². The fourth-order valence-electron chi connectivity index (χ4n) is 4.75. The van der Waals surface area contributed by atoms with Crippen molar-refractivity contribution in [3.63, 3.8) is 0 Å². The molecule has 1 aromatic carbocycles. The number of ether oxygens (including phenoxy) is 1. The lowest BCUT2D eigenvalue weighted by atomic mass is 9.83. The van der Waals surface area contributed by atoms with E-state index in [1.807, 2.05) is 6.20 Å². The Morgan fingerprint density at radius 2 is 1.74 bits per heavy atom. The molecule has 9 nitrogen and oxygen atoms in total. The van der Waals surface area contributed by atoms with Crippen molar-refractivity contribution < 1.29 is 19.7 Å². The van der Waals surface area contributed by atoms with Gasteiger partial charge in [0.15, 0.2) is 0 Å². The Hall–Kier alpha value is -3.30. The van der Waals surface area contributed by atoms with E-state index in [4.69, 9.17) is 14.8 Å². The number of fused-ring (bicyclic) bond motifs is 1. The Bertz CT molecular complexity index is 1160. The number of carbonyl (C=O) groups is 1. The lowest BCUT2D eigenvalue weighted by Gasteiger charge is -2.27. The number of nitrogens with one attached hydrogen (secondary N) is 2. The average Bonchev–Trinajstić information content (AvgIpc) is 2.86. The second-order valence-corrected chi connectivity index (χ2v) is 9.05. The molecule has 1 aliphatic carbocycles. The number of anilines is 2. The quantitative estimate of drug-likeness (QED) is 0.433. The molecule has 4 N–H and O–H groups in total. The van der Waals surface area contributed by atoms with Gasteiger partial charge in [0.25, 0.3) is 0 Å². The van der Waals surface area contributed by atoms with Gasteiger partial charge in [-0.1, -0.05) is 0 Å². The van der Waals surface area contributed by atoms with E-state index in [1.54, 1.807) is 30.5 Å². The molecule has 3 heterocycles. The fraction of sp³-hybridized carbons (Fsp3) is 0.440. The van der Waals surface area contributed by atoms with Crippen LogP contribution in [0.4, 0.5) is 11.6 Å². The Kier molecular flexibility index (Phi) is 6.55. The van der Waals surface area contributed by atoms with Crippen LogP contribution in [0.2, 0.25) is 0 Å². The molecule has 0 bridgehead atoms. The van der Waals surface area contributed by atoms with Gasteiger partial charge in [-0.25, -0.2) is 19.7 Å². The summed E-state index contributed by atoms with van der Waals surface area (Å²) in [5.41, 5.74) is 2.77. The lowest BCUT2D eigenvalue weighted by molar-refractivity contribution is 0.0697. The molecule has 1 aliphatic heterocycles. The lowest BCUT2D eigenvalue weighted by Crippen LogP contribution is -2.34. The highest BCUT2D eigenvalue weighted by molar-refractivity contribution is 5.88. The second-order valence-electron chi connectivity index (χ2n) is 9.05. The van der Waals surface area contributed by atoms with Crippen LogP contribution in [0, 0.1) is 0 Å². The minimum atomic E-state index is -0.968. The largest absolute Gasteiger partial charge is 0.478 e. The third-order valence-corrected chi connectivity index (χ3v) is 6.70. The molecule has 34 heavy (non-hydrogen) atoms. The summed E-state index contributed by atoms with van der Waals surface area (Å²) in [4.78, 5) is 25.1. The number of pyridine rings is 1. The van der Waals surface area contributed by atoms with E-state index in [1.165, 1.54) is 0 Å². The molecule has 2 fully saturated rings. The van der Waals surface area contributed by atoms with Gasteiger partial charge in [0.1, 0.15) is 6.10 Å². The van der Waals surface area contributed by atoms with Gasteiger partial charge >= 0.3 is 5.97 Å². The molecular weight excluding hydrogens is 434 g/mol. The molecule has 2 aliphatic rings. The molecule has 9 heteroatoms. The molecule has 3 aromatic rings. The number of aliphatic hydroxyl groups excluding tert-OH is 1. The van der Waals surface area contributed by atoms with Crippen molar-refractivity contribution >= 4 is 28.5 Å². The Balaban J connectivity index is 1.48. The number of piperidine rings is 1. The number of rotatable bonds is 6. The molecule has 2 aromatic heterocycles. The van der Waals surface area contributed by atoms with Crippen molar-refractivity contribution in [2.75, 3.05) is 18.4 Å². The van der Waals surface area contributed by atoms with Crippen molar-refractivity contribution in [3.05, 3.63) is 47.8 Å². The smallest absolute Gasteiger partial charge is 0.335 e. The first-order chi connectivity index (χ1) is 16.6. The SMILES string of the molecule is O=C(O)c1ccc(Nc2ncc3c(OC4CCNCC4)ncc(C4CCC(O)CC4)c3n2)cc1. The standard InChI is InChI=1S/C25H29N5O4/c31-18-7-3-15(4-8-18)20-13-27-23(34-19-9-11-26-12-10-19)21-14-28-25(30-22(20)21)29-17-5-1-16(2-6-17)24(32)33/h1-2,5-6,13-15,18-19,26,31H,3-4,7-12H2,(H,32,33)(H,28,29,30). The highest BCUT2D eigenvalue weighted by Crippen LogP contribution is 2.38. The molecule has 0 radical (unpaired) electrons. The van der Waals surface area contributed by atoms with Gasteiger partial charge < -0.3 is 25.6 Å². The van der Waals surface area contributed by atoms with Crippen molar-refractivity contribution in [1.29, 1.82) is 0 Å². The third kappa shape index (κ3) is 4.95. The van der Waals surface area contributed by atoms with Gasteiger partial charge in [-0.15, -0.1) is 0 Å². The predicted molar refractivity (Wildman–Crippen MR) is 128 cm³/mol. The number of carboxylic acids is 1. The summed E-state index contributed by atoms with van der Waals surface area (Å²) in [5, 5.41) is 26.4. The monoisotopic (exact) mass is 463 g/mol. The number of aromatic carboxylic acids is 1. The van der Waals surface area contributed by atoms with Crippen molar-refractivity contribution in [2.45, 2.75) is 56.7 Å². The second kappa shape index (κ2) is 9.90. The summed E-state index contributed by atoms with van der Waals surface area (Å²) < 4.78 is 6.27. The Morgan fingerprint density at radius 1 is 1.00 bits per heavy atom. The first kappa shape index (κ1) is 22.5. The minimum absolute atomic E-state index is 0.109. The topological polar surface area (TPSA) is 129 Å². The first-order valence-electron chi connectivity index (χ1n) is 11.9. The highest BCUT2D eigenvalue weighted by Gasteiger charge is 2.25. The van der Waals surface area contributed by atoms with Crippen molar-refractivity contribution in [3.8, 4) is 5.88 Å². The van der Waals surface area contributed by atoms with Gasteiger partial charge in [0.05, 0.1) is 22.6 Å². The van der Waals surface area contributed by atoms with Gasteiger partial charge in [0, 0.05) is 23.6 Å². The third-order valence-electron chi connectivity index (χ3n) is 6.70. The van der Waals surface area contributed by atoms with Crippen LogP contribution in [0.1, 0.15) is 60.4 Å². The molecule has 1 saturated carbocycles. The number of benzene rings is 1. The van der Waals surface area contributed by atoms with Crippen LogP contribution in [0.5, 0.6) is 5.88 Å². The number of nitrogens with zero attached hydrogens (tertiary/aromatic N) is 3. The predicted octanol–water partition coefficient (Wildman–Crippen LogP) is 3.62. The first-order valence-corrected chi connectivity index (χ1v) is 11.9. The van der Waals surface area contributed by atoms with Crippen molar-refractivity contribution in [1.82, 2.24) is 20.3 Å². The zero-order valence-electron chi connectivity index (χ0n) is 18.9. The van der Waals surface area contributed by atoms with Crippen LogP contribution in [-0.2, 0) is 0 Å². The fourth-order valence-corrected chi connectivity index (χ4v) is 4.75. The normalized spacial score (nSPS) is 21.3. The van der Waals surface area contributed by atoms with Gasteiger partial charge in [0.2, 0.25) is 11.8 Å². The van der Waals surface area contributed by atoms with Gasteiger partial charge in [-0.3, -0.25) is 0 Å². The summed E-state index contributed by atoms with van der Waals surface area (Å²) in [6.45, 7) is 1.85. The summed E-state index contributed by atoms with van der Waals surface area (Å²) in [5.74, 6) is 0.277. The summed E-state index contributed by atoms with van der Waals surface area (Å²) in [6, 6.07) is 6.47. The minimum Gasteiger partial charge on any atom is -0.478 e. The van der Waals surface area contributed by atoms with Crippen LogP contribution in [0.15, 0.2) is 36.7 Å². The van der Waals surface area contributed by atoms with E-state index in [0.717, 1.165) is 68.1 Å². The highest BCUT2D eigenvalue weighted by atomic mass is 16.5. The van der Waals surface area contributed by atoms with E-state index < -0.39 is 5.97 Å². The van der Waals surface area contributed by atoms with E-state index in [-0.39, 0.29) is 23.7 Å². The van der Waals surface area contributed by atoms with E-state index in [0.29, 0.717) is 17.5 Å². The number of aliphatic hydroxyl groups is 1. The van der Waals surface area contributed by atoms with Crippen LogP contribution in [0.3, 0.4) is 0 Å². The number of carboxylic acid groups (broad SMARTS) is 1. The maximum absolute atomic E-state index is 11.1. The zero-order chi connectivity index (χ0) is 23.5. The molecule has 0 atom stereocenters. The maximum atomic E-state index is 11.1. The van der Waals surface area contributed by atoms with Crippen LogP contribution < -0.4 is 15.4 Å². The zero-order valence-corrected chi connectivity index (χ0v) is 18.9. The van der Waals surface area contributed by atoms with Gasteiger partial charge in [-0.05, 0) is 81.8 Å². The summed E-state index contributed by atoms with van der Waals surface area (Å²) >= 11 is 0. The maximum Gasteiger partial charge on any atom is 0.335 e. The van der Waals surface area contributed by atoms with Crippen LogP contribution in [-0.4, -0.2) is 56.4 Å². The Labute approximate surface area is 197 Å². The van der Waals surface area contributed by atoms with Crippen molar-refractivity contribution in [2.24, 2.45) is 0 Å². The summed E-state index contributed by atoms with van der Waals surface area (Å²) in [7, 11) is 0. The van der Waals surface area contributed by atoms with E-state index >= 15 is 0 Å². The molecule has 0 amide bonds. The molecule has 0 spiro atoms. The number of hydrogen-bond acceptors (Lipinski definition) is 8. The summed E-state index contributed by atoms with van der Waals surface area (Å²) in [6.07, 6.45) is 8.66. The average molecular weight is 464 g/mol. The molecule has 178 valence electrons. The van der Waals surface area contributed by atoms with Crippen LogP contribution >= 0.6 is 0 Å². The number of aromatic nitrogens is 3. The Morgan fingerprint density at radius 3 is 2.44 bits per heavy atom. The van der Waals surface area contributed by atoms with Gasteiger partial charge in [-0.2, -0.15) is 0 Å². The molecular formula is C25H29N5O4. The number of hydrogen-bond donors (Lipinski definition) is 4. The molecule has 5 rings (SSSR count).